The van der Waals surface area contributed by atoms with Gasteiger partial charge in [0.25, 0.3) is 0 Å². The summed E-state index contributed by atoms with van der Waals surface area (Å²) >= 11 is 0. The monoisotopic (exact) mass is 233 g/mol. The molecule has 2 heterocycles. The van der Waals surface area contributed by atoms with Gasteiger partial charge in [-0.25, -0.2) is 4.98 Å². The Morgan fingerprint density at radius 3 is 3.00 bits per heavy atom. The van der Waals surface area contributed by atoms with E-state index in [4.69, 9.17) is 10.5 Å². The van der Waals surface area contributed by atoms with Crippen LogP contribution in [0.1, 0.15) is 6.42 Å². The van der Waals surface area contributed by atoms with E-state index in [0.29, 0.717) is 12.4 Å². The van der Waals surface area contributed by atoms with Gasteiger partial charge < -0.3 is 10.5 Å². The number of aryl methyl sites for hydroxylation is 1. The summed E-state index contributed by atoms with van der Waals surface area (Å²) in [5, 5.41) is 8.08. The van der Waals surface area contributed by atoms with Crippen LogP contribution in [0.5, 0.6) is 5.88 Å². The van der Waals surface area contributed by atoms with E-state index in [-0.39, 0.29) is 0 Å². The molecular formula is C11H15N5O. The third kappa shape index (κ3) is 2.79. The zero-order valence-electron chi connectivity index (χ0n) is 9.71. The van der Waals surface area contributed by atoms with Gasteiger partial charge in [0, 0.05) is 12.6 Å². The summed E-state index contributed by atoms with van der Waals surface area (Å²) in [6.45, 7) is 1.42. The normalized spacial score (nSPS) is 10.5. The van der Waals surface area contributed by atoms with Crippen LogP contribution < -0.4 is 10.5 Å². The first-order valence-corrected chi connectivity index (χ1v) is 5.45. The van der Waals surface area contributed by atoms with Crippen molar-refractivity contribution in [1.29, 1.82) is 0 Å². The quantitative estimate of drug-likeness (QED) is 0.822. The van der Waals surface area contributed by atoms with E-state index in [0.717, 1.165) is 24.4 Å². The summed E-state index contributed by atoms with van der Waals surface area (Å²) in [5.74, 6) is 0.569. The SMILES string of the molecule is COc1cccc(-c2cn(CCCN)nn2)n1. The molecule has 0 spiro atoms. The highest BCUT2D eigenvalue weighted by molar-refractivity contribution is 5.52. The van der Waals surface area contributed by atoms with Crippen LogP contribution in [0.3, 0.4) is 0 Å². The van der Waals surface area contributed by atoms with Gasteiger partial charge in [0.05, 0.1) is 19.0 Å². The maximum atomic E-state index is 5.44. The molecule has 2 N–H and O–H groups in total. The molecule has 6 heteroatoms. The van der Waals surface area contributed by atoms with E-state index in [1.165, 1.54) is 0 Å². The van der Waals surface area contributed by atoms with E-state index >= 15 is 0 Å². The predicted molar refractivity (Wildman–Crippen MR) is 63.5 cm³/mol. The molecule has 0 fully saturated rings. The van der Waals surface area contributed by atoms with Gasteiger partial charge in [-0.05, 0) is 19.0 Å². The van der Waals surface area contributed by atoms with Crippen LogP contribution in [0.25, 0.3) is 11.4 Å². The van der Waals surface area contributed by atoms with Crippen LogP contribution in [0.15, 0.2) is 24.4 Å². The Balaban J connectivity index is 2.18. The van der Waals surface area contributed by atoms with Gasteiger partial charge >= 0.3 is 0 Å². The molecule has 2 aromatic heterocycles. The van der Waals surface area contributed by atoms with E-state index in [1.54, 1.807) is 17.9 Å². The average Bonchev–Trinajstić information content (AvgIpc) is 2.85. The summed E-state index contributed by atoms with van der Waals surface area (Å²) < 4.78 is 6.83. The Morgan fingerprint density at radius 1 is 1.35 bits per heavy atom. The number of nitrogens with zero attached hydrogens (tertiary/aromatic N) is 4. The fraction of sp³-hybridized carbons (Fsp3) is 0.364. The molecule has 0 aliphatic rings. The van der Waals surface area contributed by atoms with Crippen molar-refractivity contribution in [3.8, 4) is 17.3 Å². The molecule has 0 saturated carbocycles. The van der Waals surface area contributed by atoms with Gasteiger partial charge in [-0.2, -0.15) is 0 Å². The fourth-order valence-corrected chi connectivity index (χ4v) is 1.45. The number of hydrogen-bond acceptors (Lipinski definition) is 5. The highest BCUT2D eigenvalue weighted by atomic mass is 16.5. The first-order valence-electron chi connectivity index (χ1n) is 5.45. The molecule has 2 rings (SSSR count). The Bertz CT molecular complexity index is 482. The second kappa shape index (κ2) is 5.40. The van der Waals surface area contributed by atoms with Crippen LogP contribution in [0, 0.1) is 0 Å². The van der Waals surface area contributed by atoms with Crippen molar-refractivity contribution in [2.75, 3.05) is 13.7 Å². The molecule has 0 aliphatic carbocycles. The number of ether oxygens (including phenoxy) is 1. The number of methoxy groups -OCH3 is 1. The van der Waals surface area contributed by atoms with Crippen molar-refractivity contribution in [3.05, 3.63) is 24.4 Å². The van der Waals surface area contributed by atoms with Crippen molar-refractivity contribution in [1.82, 2.24) is 20.0 Å². The molecule has 17 heavy (non-hydrogen) atoms. The number of pyridine rings is 1. The summed E-state index contributed by atoms with van der Waals surface area (Å²) in [6, 6.07) is 5.54. The van der Waals surface area contributed by atoms with Crippen molar-refractivity contribution >= 4 is 0 Å². The molecule has 0 bridgehead atoms. The standard InChI is InChI=1S/C11H15N5O/c1-17-11-5-2-4-9(13-11)10-8-16(15-14-10)7-3-6-12/h2,4-5,8H,3,6-7,12H2,1H3. The minimum atomic E-state index is 0.569. The Kier molecular flexibility index (Phi) is 3.66. The molecule has 90 valence electrons. The van der Waals surface area contributed by atoms with Crippen LogP contribution in [-0.2, 0) is 6.54 Å². The summed E-state index contributed by atoms with van der Waals surface area (Å²) in [4.78, 5) is 4.29. The molecular weight excluding hydrogens is 218 g/mol. The third-order valence-electron chi connectivity index (χ3n) is 2.33. The smallest absolute Gasteiger partial charge is 0.213 e. The van der Waals surface area contributed by atoms with Gasteiger partial charge in [-0.1, -0.05) is 11.3 Å². The van der Waals surface area contributed by atoms with E-state index in [9.17, 15) is 0 Å². The van der Waals surface area contributed by atoms with Gasteiger partial charge in [-0.3, -0.25) is 4.68 Å². The van der Waals surface area contributed by atoms with Crippen LogP contribution in [0.2, 0.25) is 0 Å². The largest absolute Gasteiger partial charge is 0.481 e. The van der Waals surface area contributed by atoms with Gasteiger partial charge in [0.2, 0.25) is 5.88 Å². The zero-order valence-corrected chi connectivity index (χ0v) is 9.71. The summed E-state index contributed by atoms with van der Waals surface area (Å²) in [6.07, 6.45) is 2.74. The first-order chi connectivity index (χ1) is 8.33. The molecule has 6 nitrogen and oxygen atoms in total. The number of hydrogen-bond donors (Lipinski definition) is 1. The second-order valence-corrected chi connectivity index (χ2v) is 3.57. The lowest BCUT2D eigenvalue weighted by molar-refractivity contribution is 0.398. The van der Waals surface area contributed by atoms with Crippen molar-refractivity contribution in [2.24, 2.45) is 5.73 Å². The highest BCUT2D eigenvalue weighted by Gasteiger charge is 2.06. The molecule has 0 radical (unpaired) electrons. The van der Waals surface area contributed by atoms with E-state index in [2.05, 4.69) is 15.3 Å². The molecule has 2 aromatic rings. The lowest BCUT2D eigenvalue weighted by Crippen LogP contribution is -2.06. The molecule has 0 aliphatic heterocycles. The van der Waals surface area contributed by atoms with Crippen molar-refractivity contribution < 1.29 is 4.74 Å². The second-order valence-electron chi connectivity index (χ2n) is 3.57. The predicted octanol–water partition coefficient (Wildman–Crippen LogP) is 0.697. The van der Waals surface area contributed by atoms with E-state index < -0.39 is 0 Å². The molecule has 0 atom stereocenters. The zero-order chi connectivity index (χ0) is 12.1. The average molecular weight is 233 g/mol. The maximum Gasteiger partial charge on any atom is 0.213 e. The molecule has 0 amide bonds. The topological polar surface area (TPSA) is 78.9 Å². The first kappa shape index (κ1) is 11.5. The lowest BCUT2D eigenvalue weighted by atomic mass is 10.3. The summed E-state index contributed by atoms with van der Waals surface area (Å²) in [5.41, 5.74) is 6.93. The number of nitrogens with two attached hydrogens (primary N) is 1. The fourth-order valence-electron chi connectivity index (χ4n) is 1.45. The third-order valence-corrected chi connectivity index (χ3v) is 2.33. The van der Waals surface area contributed by atoms with Gasteiger partial charge in [-0.15, -0.1) is 5.10 Å². The van der Waals surface area contributed by atoms with Gasteiger partial charge in [0.15, 0.2) is 0 Å². The Morgan fingerprint density at radius 2 is 2.24 bits per heavy atom. The number of aromatic nitrogens is 4. The van der Waals surface area contributed by atoms with E-state index in [1.807, 2.05) is 18.3 Å². The summed E-state index contributed by atoms with van der Waals surface area (Å²) in [7, 11) is 1.59. The molecule has 0 unspecified atom stereocenters. The Hall–Kier alpha value is -1.95. The lowest BCUT2D eigenvalue weighted by Gasteiger charge is -1.99. The Labute approximate surface area is 99.4 Å². The highest BCUT2D eigenvalue weighted by Crippen LogP contribution is 2.16. The van der Waals surface area contributed by atoms with Crippen LogP contribution in [-0.4, -0.2) is 33.6 Å². The van der Waals surface area contributed by atoms with Crippen molar-refractivity contribution in [2.45, 2.75) is 13.0 Å². The maximum absolute atomic E-state index is 5.44. The molecule has 0 saturated heterocycles. The van der Waals surface area contributed by atoms with Crippen LogP contribution in [0.4, 0.5) is 0 Å². The van der Waals surface area contributed by atoms with Crippen molar-refractivity contribution in [3.63, 3.8) is 0 Å². The minimum absolute atomic E-state index is 0.569. The van der Waals surface area contributed by atoms with Crippen LogP contribution >= 0.6 is 0 Å². The molecule has 0 aromatic carbocycles. The number of rotatable bonds is 5. The van der Waals surface area contributed by atoms with Gasteiger partial charge in [0.1, 0.15) is 5.69 Å². The minimum Gasteiger partial charge on any atom is -0.481 e.